The Morgan fingerprint density at radius 1 is 1.00 bits per heavy atom. The highest BCUT2D eigenvalue weighted by Crippen LogP contribution is 2.33. The van der Waals surface area contributed by atoms with E-state index in [0.29, 0.717) is 45.1 Å². The Balaban J connectivity index is 1.67. The molecular formula is C35H42N6O6S. The molecule has 0 saturated heterocycles. The molecule has 6 N–H and O–H groups in total. The van der Waals surface area contributed by atoms with Gasteiger partial charge >= 0.3 is 6.09 Å². The second kappa shape index (κ2) is 17.7. The number of rotatable bonds is 14. The Morgan fingerprint density at radius 2 is 1.69 bits per heavy atom. The minimum absolute atomic E-state index is 0.197. The molecule has 0 bridgehead atoms. The number of aliphatic hydroxyl groups excluding tert-OH is 1. The van der Waals surface area contributed by atoms with Crippen molar-refractivity contribution in [1.29, 1.82) is 5.26 Å². The van der Waals surface area contributed by atoms with Gasteiger partial charge in [-0.2, -0.15) is 5.26 Å². The number of amides is 4. The third kappa shape index (κ3) is 11.9. The molecule has 2 atom stereocenters. The first-order valence-electron chi connectivity index (χ1n) is 15.4. The number of benzene rings is 3. The van der Waals surface area contributed by atoms with Gasteiger partial charge in [0.2, 0.25) is 5.91 Å². The number of likely N-dealkylation sites (N-methyl/N-ethyl adjacent to an activating group) is 1. The van der Waals surface area contributed by atoms with Crippen LogP contribution in [0.15, 0.2) is 82.6 Å². The molecule has 0 aliphatic carbocycles. The zero-order chi connectivity index (χ0) is 35.3. The Morgan fingerprint density at radius 3 is 2.38 bits per heavy atom. The fourth-order valence-electron chi connectivity index (χ4n) is 4.56. The Labute approximate surface area is 285 Å². The van der Waals surface area contributed by atoms with Crippen molar-refractivity contribution in [2.45, 2.75) is 67.6 Å². The quantitative estimate of drug-likeness (QED) is 0.121. The average Bonchev–Trinajstić information content (AvgIpc) is 3.03. The molecule has 254 valence electrons. The first kappa shape index (κ1) is 37.4. The predicted octanol–water partition coefficient (Wildman–Crippen LogP) is 4.54. The third-order valence-corrected chi connectivity index (χ3v) is 7.98. The lowest BCUT2D eigenvalue weighted by molar-refractivity contribution is -0.128. The number of ether oxygens (including phenoxy) is 1. The van der Waals surface area contributed by atoms with Gasteiger partial charge in [-0.25, -0.2) is 4.79 Å². The van der Waals surface area contributed by atoms with Gasteiger partial charge in [0, 0.05) is 34.8 Å². The van der Waals surface area contributed by atoms with Gasteiger partial charge in [0.1, 0.15) is 11.7 Å². The van der Waals surface area contributed by atoms with Crippen LogP contribution in [0.25, 0.3) is 0 Å². The van der Waals surface area contributed by atoms with E-state index in [0.717, 1.165) is 0 Å². The van der Waals surface area contributed by atoms with E-state index in [4.69, 9.17) is 10.5 Å². The maximum atomic E-state index is 13.5. The van der Waals surface area contributed by atoms with Gasteiger partial charge in [-0.1, -0.05) is 42.1 Å². The molecule has 0 heterocycles. The van der Waals surface area contributed by atoms with Gasteiger partial charge in [-0.3, -0.25) is 14.4 Å². The predicted molar refractivity (Wildman–Crippen MR) is 184 cm³/mol. The Hall–Kier alpha value is -5.06. The lowest BCUT2D eigenvalue weighted by Crippen LogP contribution is -2.51. The minimum Gasteiger partial charge on any atom is -0.444 e. The summed E-state index contributed by atoms with van der Waals surface area (Å²) < 4.78 is 5.23. The summed E-state index contributed by atoms with van der Waals surface area (Å²) >= 11 is 1.28. The SMILES string of the molecule is CN(CC(=O)N[C@@H](CCCCNC(=O)OC(C)(C)C)[C@H](O)C(=O)Nc1cccc(N)c1)C(=O)c1ccccc1Sc1ccccc1C#N. The molecule has 0 radical (unpaired) electrons. The molecule has 0 aromatic heterocycles. The fourth-order valence-corrected chi connectivity index (χ4v) is 5.58. The number of nitrogens with one attached hydrogen (secondary N) is 3. The number of nitrogen functional groups attached to an aromatic ring is 1. The molecule has 0 aliphatic rings. The number of carbonyl (C=O) groups excluding carboxylic acids is 4. The number of anilines is 2. The second-order valence-electron chi connectivity index (χ2n) is 12.0. The molecule has 48 heavy (non-hydrogen) atoms. The average molecular weight is 675 g/mol. The lowest BCUT2D eigenvalue weighted by atomic mass is 10.0. The molecule has 0 saturated carbocycles. The number of nitrogens with zero attached hydrogens (tertiary/aromatic N) is 2. The number of hydrogen-bond donors (Lipinski definition) is 5. The van der Waals surface area contributed by atoms with E-state index < -0.39 is 41.6 Å². The van der Waals surface area contributed by atoms with E-state index in [-0.39, 0.29) is 19.5 Å². The van der Waals surface area contributed by atoms with Crippen LogP contribution in [0.1, 0.15) is 56.0 Å². The number of aliphatic hydroxyl groups is 1. The van der Waals surface area contributed by atoms with Crippen LogP contribution in [-0.2, 0) is 14.3 Å². The normalized spacial score (nSPS) is 12.2. The molecule has 4 amide bonds. The zero-order valence-corrected chi connectivity index (χ0v) is 28.3. The molecule has 13 heteroatoms. The van der Waals surface area contributed by atoms with Gasteiger partial charge in [-0.15, -0.1) is 0 Å². The van der Waals surface area contributed by atoms with E-state index in [9.17, 15) is 29.5 Å². The van der Waals surface area contributed by atoms with E-state index >= 15 is 0 Å². The summed E-state index contributed by atoms with van der Waals surface area (Å²) in [4.78, 5) is 54.2. The largest absolute Gasteiger partial charge is 0.444 e. The molecule has 0 unspecified atom stereocenters. The highest BCUT2D eigenvalue weighted by molar-refractivity contribution is 7.99. The van der Waals surface area contributed by atoms with Crippen molar-refractivity contribution >= 4 is 47.0 Å². The van der Waals surface area contributed by atoms with Crippen molar-refractivity contribution in [1.82, 2.24) is 15.5 Å². The molecular weight excluding hydrogens is 632 g/mol. The van der Waals surface area contributed by atoms with Gasteiger partial charge in [0.25, 0.3) is 11.8 Å². The summed E-state index contributed by atoms with van der Waals surface area (Å²) in [5, 5.41) is 28.5. The van der Waals surface area contributed by atoms with Crippen LogP contribution >= 0.6 is 11.8 Å². The number of nitriles is 1. The summed E-state index contributed by atoms with van der Waals surface area (Å²) in [7, 11) is 1.48. The monoisotopic (exact) mass is 674 g/mol. The van der Waals surface area contributed by atoms with Crippen molar-refractivity contribution < 1.29 is 29.0 Å². The molecule has 3 rings (SSSR count). The second-order valence-corrected chi connectivity index (χ2v) is 13.1. The molecule has 0 spiro atoms. The highest BCUT2D eigenvalue weighted by Gasteiger charge is 2.29. The fraction of sp³-hybridized carbons (Fsp3) is 0.343. The third-order valence-electron chi connectivity index (χ3n) is 6.83. The van der Waals surface area contributed by atoms with E-state index in [1.54, 1.807) is 81.4 Å². The summed E-state index contributed by atoms with van der Waals surface area (Å²) in [6.45, 7) is 5.21. The Bertz CT molecular complexity index is 1640. The number of unbranched alkanes of at least 4 members (excludes halogenated alkanes) is 1. The Kier molecular flexibility index (Phi) is 13.8. The van der Waals surface area contributed by atoms with Crippen LogP contribution in [0.5, 0.6) is 0 Å². The highest BCUT2D eigenvalue weighted by atomic mass is 32.2. The smallest absolute Gasteiger partial charge is 0.407 e. The van der Waals surface area contributed by atoms with Crippen LogP contribution in [0.4, 0.5) is 16.2 Å². The van der Waals surface area contributed by atoms with Gasteiger partial charge in [-0.05, 0) is 82.5 Å². The molecule has 12 nitrogen and oxygen atoms in total. The van der Waals surface area contributed by atoms with Crippen LogP contribution in [0.2, 0.25) is 0 Å². The van der Waals surface area contributed by atoms with Gasteiger partial charge < -0.3 is 36.4 Å². The van der Waals surface area contributed by atoms with E-state index in [2.05, 4.69) is 22.0 Å². The van der Waals surface area contributed by atoms with E-state index in [1.165, 1.54) is 29.8 Å². The maximum absolute atomic E-state index is 13.5. The summed E-state index contributed by atoms with van der Waals surface area (Å²) in [6.07, 6.45) is -1.07. The number of nitrogens with two attached hydrogens (primary N) is 1. The zero-order valence-electron chi connectivity index (χ0n) is 27.5. The van der Waals surface area contributed by atoms with Crippen molar-refractivity contribution in [2.24, 2.45) is 0 Å². The van der Waals surface area contributed by atoms with Crippen LogP contribution in [-0.4, -0.2) is 71.7 Å². The van der Waals surface area contributed by atoms with Crippen molar-refractivity contribution in [3.63, 3.8) is 0 Å². The molecule has 3 aromatic rings. The molecule has 0 fully saturated rings. The number of hydrogen-bond acceptors (Lipinski definition) is 9. The van der Waals surface area contributed by atoms with E-state index in [1.807, 2.05) is 6.07 Å². The summed E-state index contributed by atoms with van der Waals surface area (Å²) in [6, 6.07) is 21.6. The minimum atomic E-state index is -1.63. The van der Waals surface area contributed by atoms with Crippen LogP contribution in [0.3, 0.4) is 0 Å². The standard InChI is InChI=1S/C35H42N6O6S/c1-35(2,3)47-34(46)38-19-10-9-16-27(31(43)32(44)39-25-14-11-13-24(37)20-25)40-30(42)22-41(4)33(45)26-15-6-8-18-29(26)48-28-17-7-5-12-23(28)21-36/h5-8,11-15,17-18,20,27,31,43H,9-10,16,19,22,37H2,1-4H3,(H,38,46)(H,39,44)(H,40,42)/t27-,31-/m0/s1. The number of alkyl carbamates (subject to hydrolysis) is 1. The number of carbonyl (C=O) groups is 4. The first-order chi connectivity index (χ1) is 22.8. The summed E-state index contributed by atoms with van der Waals surface area (Å²) in [5.74, 6) is -1.75. The lowest BCUT2D eigenvalue weighted by Gasteiger charge is -2.25. The molecule has 0 aliphatic heterocycles. The van der Waals surface area contributed by atoms with Crippen LogP contribution in [0, 0.1) is 11.3 Å². The van der Waals surface area contributed by atoms with Gasteiger partial charge in [0.05, 0.1) is 23.7 Å². The van der Waals surface area contributed by atoms with Gasteiger partial charge in [0.15, 0.2) is 6.10 Å². The molecule has 3 aromatic carbocycles. The topological polar surface area (TPSA) is 187 Å². The van der Waals surface area contributed by atoms with Crippen molar-refractivity contribution in [3.05, 3.63) is 83.9 Å². The van der Waals surface area contributed by atoms with Crippen molar-refractivity contribution in [2.75, 3.05) is 31.2 Å². The summed E-state index contributed by atoms with van der Waals surface area (Å²) in [5.41, 5.74) is 6.79. The van der Waals surface area contributed by atoms with Crippen LogP contribution < -0.4 is 21.7 Å². The first-order valence-corrected chi connectivity index (χ1v) is 16.2. The van der Waals surface area contributed by atoms with Crippen molar-refractivity contribution in [3.8, 4) is 6.07 Å². The maximum Gasteiger partial charge on any atom is 0.407 e.